The zero-order chi connectivity index (χ0) is 39.5. The molecule has 0 amide bonds. The first-order valence-corrected chi connectivity index (χ1v) is 21.6. The fraction of sp³-hybridized carbons (Fsp3) is 0.0943. The third kappa shape index (κ3) is 5.55. The lowest BCUT2D eigenvalue weighted by Crippen LogP contribution is -2.29. The third-order valence-corrected chi connectivity index (χ3v) is 14.1. The van der Waals surface area contributed by atoms with Crippen molar-refractivity contribution in [1.82, 2.24) is 0 Å². The molecule has 2 aromatic heterocycles. The van der Waals surface area contributed by atoms with Crippen LogP contribution >= 0.6 is 22.7 Å². The van der Waals surface area contributed by atoms with Crippen LogP contribution in [0.15, 0.2) is 170 Å². The molecule has 0 bridgehead atoms. The van der Waals surface area contributed by atoms with Crippen molar-refractivity contribution in [3.63, 3.8) is 0 Å². The third-order valence-electron chi connectivity index (χ3n) is 11.8. The molecule has 0 atom stereocenters. The average molecular weight is 803 g/mol. The Morgan fingerprint density at radius 2 is 0.831 bits per heavy atom. The van der Waals surface area contributed by atoms with Crippen molar-refractivity contribution in [3.05, 3.63) is 192 Å². The van der Waals surface area contributed by atoms with Gasteiger partial charge in [-0.15, -0.1) is 22.7 Å². The Morgan fingerprint density at radius 3 is 1.27 bits per heavy atom. The van der Waals surface area contributed by atoms with E-state index in [1.54, 1.807) is 0 Å². The zero-order valence-electron chi connectivity index (χ0n) is 32.0. The Bertz CT molecular complexity index is 2950. The Morgan fingerprint density at radius 1 is 0.407 bits per heavy atom. The fourth-order valence-corrected chi connectivity index (χ4v) is 11.7. The molecule has 1 aliphatic carbocycles. The van der Waals surface area contributed by atoms with Crippen LogP contribution in [0.3, 0.4) is 0 Å². The van der Waals surface area contributed by atoms with Gasteiger partial charge >= 0.3 is 0 Å². The highest BCUT2D eigenvalue weighted by Crippen LogP contribution is 2.63. The number of benzene rings is 8. The van der Waals surface area contributed by atoms with E-state index in [-0.39, 0.29) is 26.4 Å². The first kappa shape index (κ1) is 35.8. The molecule has 11 rings (SSSR count). The molecule has 1 aliphatic rings. The van der Waals surface area contributed by atoms with Crippen LogP contribution in [0.5, 0.6) is 11.5 Å². The molecule has 8 aromatic carbocycles. The SMILES string of the molecule is OCCOc1ccc(C2(c3ccc(OCCO)c4ccccc34)c3cccc(-c4cc5ccccc5s4)c3-c3c(-c4cc5ccccc5s4)cccc32)c2ccccc12. The average Bonchev–Trinajstić information content (AvgIpc) is 4.01. The standard InChI is InChI=1S/C53H38O4S2/c54-27-29-56-45-25-23-41(35-13-3-5-15-37(35)45)53(42-24-26-46(57-30-28-55)38-16-6-4-14-36(38)42)43-19-9-17-39(49-31-33-11-1-7-21-47(33)58-49)51(43)52-40(18-10-20-44(52)53)50-32-34-12-2-8-22-48(34)59-50/h1-26,31-32,54-55H,27-30H2. The van der Waals surface area contributed by atoms with Crippen LogP contribution in [-0.2, 0) is 5.41 Å². The monoisotopic (exact) mass is 802 g/mol. The highest BCUT2D eigenvalue weighted by atomic mass is 32.1. The maximum absolute atomic E-state index is 9.80. The number of rotatable bonds is 10. The quantitative estimate of drug-likeness (QED) is 0.145. The summed E-state index contributed by atoms with van der Waals surface area (Å²) in [6.45, 7) is 0.269. The van der Waals surface area contributed by atoms with Crippen LogP contribution in [0.1, 0.15) is 22.3 Å². The number of ether oxygens (including phenoxy) is 2. The van der Waals surface area contributed by atoms with Crippen molar-refractivity contribution >= 4 is 64.4 Å². The summed E-state index contributed by atoms with van der Waals surface area (Å²) in [5.74, 6) is 1.48. The molecule has 6 heteroatoms. The Labute approximate surface area is 349 Å². The highest BCUT2D eigenvalue weighted by molar-refractivity contribution is 7.22. The van der Waals surface area contributed by atoms with Gasteiger partial charge in [-0.1, -0.05) is 133 Å². The van der Waals surface area contributed by atoms with E-state index in [1.807, 2.05) is 22.7 Å². The minimum absolute atomic E-state index is 0.0710. The summed E-state index contributed by atoms with van der Waals surface area (Å²) in [5.41, 5.74) is 8.77. The number of hydrogen-bond donors (Lipinski definition) is 2. The summed E-state index contributed by atoms with van der Waals surface area (Å²) in [6.07, 6.45) is 0. The molecule has 4 nitrogen and oxygen atoms in total. The molecule has 0 saturated carbocycles. The van der Waals surface area contributed by atoms with E-state index in [0.29, 0.717) is 0 Å². The lowest BCUT2D eigenvalue weighted by Gasteiger charge is -2.36. The van der Waals surface area contributed by atoms with Crippen LogP contribution in [0, 0.1) is 0 Å². The van der Waals surface area contributed by atoms with E-state index in [2.05, 4.69) is 170 Å². The van der Waals surface area contributed by atoms with Crippen molar-refractivity contribution in [2.75, 3.05) is 26.4 Å². The first-order valence-electron chi connectivity index (χ1n) is 20.0. The molecular weight excluding hydrogens is 765 g/mol. The van der Waals surface area contributed by atoms with Crippen molar-refractivity contribution < 1.29 is 19.7 Å². The van der Waals surface area contributed by atoms with Crippen LogP contribution in [0.4, 0.5) is 0 Å². The topological polar surface area (TPSA) is 58.9 Å². The van der Waals surface area contributed by atoms with Gasteiger partial charge in [-0.25, -0.2) is 0 Å². The molecule has 10 aromatic rings. The molecule has 0 unspecified atom stereocenters. The molecule has 2 N–H and O–H groups in total. The number of thiophene rings is 2. The van der Waals surface area contributed by atoms with Crippen LogP contribution in [0.25, 0.3) is 73.7 Å². The summed E-state index contributed by atoms with van der Waals surface area (Å²) in [6, 6.07) is 61.5. The maximum atomic E-state index is 9.80. The highest BCUT2D eigenvalue weighted by Gasteiger charge is 2.50. The molecule has 0 radical (unpaired) electrons. The van der Waals surface area contributed by atoms with Crippen molar-refractivity contribution in [1.29, 1.82) is 0 Å². The van der Waals surface area contributed by atoms with Gasteiger partial charge in [0.05, 0.1) is 18.6 Å². The van der Waals surface area contributed by atoms with E-state index in [0.717, 1.165) is 44.2 Å². The minimum atomic E-state index is -0.811. The number of fused-ring (bicyclic) bond motifs is 7. The summed E-state index contributed by atoms with van der Waals surface area (Å²) in [4.78, 5) is 2.46. The van der Waals surface area contributed by atoms with Gasteiger partial charge in [0.2, 0.25) is 0 Å². The van der Waals surface area contributed by atoms with Gasteiger partial charge in [-0.2, -0.15) is 0 Å². The van der Waals surface area contributed by atoms with E-state index in [4.69, 9.17) is 9.47 Å². The van der Waals surface area contributed by atoms with Crippen LogP contribution in [-0.4, -0.2) is 36.6 Å². The smallest absolute Gasteiger partial charge is 0.127 e. The second-order valence-electron chi connectivity index (χ2n) is 15.0. The molecular formula is C53H38O4S2. The fourth-order valence-electron chi connectivity index (χ4n) is 9.54. The molecule has 286 valence electrons. The Hall–Kier alpha value is -6.28. The van der Waals surface area contributed by atoms with Crippen molar-refractivity contribution in [3.8, 4) is 43.5 Å². The van der Waals surface area contributed by atoms with Gasteiger partial charge in [-0.05, 0) is 102 Å². The predicted molar refractivity (Wildman–Crippen MR) is 246 cm³/mol. The Balaban J connectivity index is 1.33. The second-order valence-corrected chi connectivity index (χ2v) is 17.1. The molecule has 0 fully saturated rings. The number of aliphatic hydroxyl groups is 2. The van der Waals surface area contributed by atoms with Crippen molar-refractivity contribution in [2.45, 2.75) is 5.41 Å². The summed E-state index contributed by atoms with van der Waals surface area (Å²) >= 11 is 3.68. The summed E-state index contributed by atoms with van der Waals surface area (Å²) in [7, 11) is 0. The van der Waals surface area contributed by atoms with E-state index >= 15 is 0 Å². The summed E-state index contributed by atoms with van der Waals surface area (Å²) in [5, 5.41) is 26.2. The van der Waals surface area contributed by atoms with Gasteiger partial charge in [0.1, 0.15) is 24.7 Å². The molecule has 0 saturated heterocycles. The van der Waals surface area contributed by atoms with Gasteiger partial charge in [0.15, 0.2) is 0 Å². The van der Waals surface area contributed by atoms with Gasteiger partial charge in [0, 0.05) is 29.9 Å². The number of aliphatic hydroxyl groups excluding tert-OH is 2. The second kappa shape index (κ2) is 14.5. The largest absolute Gasteiger partial charge is 0.491 e. The first-order chi connectivity index (χ1) is 29.2. The molecule has 0 spiro atoms. The minimum Gasteiger partial charge on any atom is -0.491 e. The maximum Gasteiger partial charge on any atom is 0.127 e. The van der Waals surface area contributed by atoms with Gasteiger partial charge in [0.25, 0.3) is 0 Å². The molecule has 2 heterocycles. The van der Waals surface area contributed by atoms with E-state index in [9.17, 15) is 10.2 Å². The zero-order valence-corrected chi connectivity index (χ0v) is 33.7. The molecule has 0 aliphatic heterocycles. The molecule has 59 heavy (non-hydrogen) atoms. The predicted octanol–water partition coefficient (Wildman–Crippen LogP) is 12.9. The van der Waals surface area contributed by atoms with Gasteiger partial charge in [-0.3, -0.25) is 0 Å². The van der Waals surface area contributed by atoms with Crippen LogP contribution < -0.4 is 9.47 Å². The van der Waals surface area contributed by atoms with Gasteiger partial charge < -0.3 is 19.7 Å². The summed E-state index contributed by atoms with van der Waals surface area (Å²) < 4.78 is 14.9. The van der Waals surface area contributed by atoms with Crippen LogP contribution in [0.2, 0.25) is 0 Å². The van der Waals surface area contributed by atoms with E-state index in [1.165, 1.54) is 63.3 Å². The lowest BCUT2D eigenvalue weighted by atomic mass is 9.65. The number of hydrogen-bond acceptors (Lipinski definition) is 6. The van der Waals surface area contributed by atoms with E-state index < -0.39 is 5.41 Å². The normalized spacial score (nSPS) is 13.0. The Kier molecular flexibility index (Phi) is 8.82. The van der Waals surface area contributed by atoms with Crippen molar-refractivity contribution in [2.24, 2.45) is 0 Å². The lowest BCUT2D eigenvalue weighted by molar-refractivity contribution is 0.203.